The Morgan fingerprint density at radius 3 is 1.18 bits per heavy atom. The van der Waals surface area contributed by atoms with Crippen LogP contribution in [-0.2, 0) is 57.6 Å². The van der Waals surface area contributed by atoms with E-state index < -0.39 is 0 Å². The van der Waals surface area contributed by atoms with Gasteiger partial charge in [-0.15, -0.1) is 35.4 Å². The average molecular weight is 1030 g/mol. The van der Waals surface area contributed by atoms with Gasteiger partial charge in [-0.3, -0.25) is 11.8 Å². The van der Waals surface area contributed by atoms with Gasteiger partial charge in [0, 0.05) is 0 Å². The van der Waals surface area contributed by atoms with Gasteiger partial charge in [-0.2, -0.15) is 0 Å². The summed E-state index contributed by atoms with van der Waals surface area (Å²) >= 11 is 0. The third-order valence-corrected chi connectivity index (χ3v) is 15.8. The zero-order valence-corrected chi connectivity index (χ0v) is 33.9. The summed E-state index contributed by atoms with van der Waals surface area (Å²) in [5.74, 6) is 6.27. The minimum atomic E-state index is -0.368. The van der Waals surface area contributed by atoms with Gasteiger partial charge in [-0.25, -0.2) is 0 Å². The second kappa shape index (κ2) is 18.7. The molecule has 0 bridgehead atoms. The van der Waals surface area contributed by atoms with Crippen molar-refractivity contribution in [3.05, 3.63) is 192 Å². The van der Waals surface area contributed by atoms with E-state index in [1.165, 1.54) is 50.4 Å². The quantitative estimate of drug-likeness (QED) is 0.0714. The van der Waals surface area contributed by atoms with Gasteiger partial charge in [-0.05, 0) is 70.5 Å². The fourth-order valence-corrected chi connectivity index (χ4v) is 12.8. The van der Waals surface area contributed by atoms with E-state index in [0.29, 0.717) is 0 Å². The van der Waals surface area contributed by atoms with Crippen LogP contribution in [0.5, 0.6) is 0 Å². The molecular weight excluding hydrogens is 996 g/mol. The molecule has 6 aromatic rings. The summed E-state index contributed by atoms with van der Waals surface area (Å²) in [6, 6.07) is 51.2. The predicted octanol–water partition coefficient (Wildman–Crippen LogP) is 9.67. The van der Waals surface area contributed by atoms with E-state index in [1.807, 2.05) is 12.1 Å². The van der Waals surface area contributed by atoms with Crippen LogP contribution in [0, 0.1) is 24.7 Å². The first-order chi connectivity index (χ1) is 23.0. The Morgan fingerprint density at radius 1 is 0.449 bits per heavy atom. The number of rotatable bonds is 4. The van der Waals surface area contributed by atoms with Crippen LogP contribution in [0.1, 0.15) is 33.4 Å². The van der Waals surface area contributed by atoms with E-state index in [-0.39, 0.29) is 60.6 Å². The molecule has 49 heavy (non-hydrogen) atoms. The second-order valence-electron chi connectivity index (χ2n) is 12.1. The molecule has 0 radical (unpaired) electrons. The van der Waals surface area contributed by atoms with E-state index in [0.717, 1.165) is 24.0 Å². The molecule has 2 unspecified atom stereocenters. The molecule has 4 heteroatoms. The molecule has 0 heterocycles. The van der Waals surface area contributed by atoms with Crippen molar-refractivity contribution in [1.82, 2.24) is 0 Å². The topological polar surface area (TPSA) is 0 Å². The summed E-state index contributed by atoms with van der Waals surface area (Å²) in [5.41, 5.74) is 12.4. The molecule has 0 nitrogen and oxygen atoms in total. The fraction of sp³-hybridized carbons (Fsp3) is 0.111. The third kappa shape index (κ3) is 9.52. The Bertz CT molecular complexity index is 1920. The summed E-state index contributed by atoms with van der Waals surface area (Å²) in [6.07, 6.45) is 16.2. The number of hydrogen-bond donors (Lipinski definition) is 0. The van der Waals surface area contributed by atoms with Crippen molar-refractivity contribution in [3.8, 4) is 34.1 Å². The van der Waals surface area contributed by atoms with Crippen molar-refractivity contribution in [2.24, 2.45) is 0 Å². The Morgan fingerprint density at radius 2 is 0.796 bits per heavy atom. The SMILES string of the molecule is C[PH+](C[PH+](C)c1ccccc1)c1ccccc1.[Au+].[Au+].[C-]#Cc1ccc2c(c1)Cc1ccccc1-2.[C-]#Cc1ccc2c(c1)Cc1ccccc1-2. The zero-order chi connectivity index (χ0) is 32.6. The van der Waals surface area contributed by atoms with Crippen LogP contribution in [0.3, 0.4) is 0 Å². The maximum Gasteiger partial charge on any atom is 1.00 e. The Labute approximate surface area is 326 Å². The van der Waals surface area contributed by atoms with E-state index in [9.17, 15) is 0 Å². The largest absolute Gasteiger partial charge is 1.00 e. The van der Waals surface area contributed by atoms with E-state index in [1.54, 1.807) is 10.6 Å². The van der Waals surface area contributed by atoms with Crippen LogP contribution >= 0.6 is 15.8 Å². The normalized spacial score (nSPS) is 12.1. The fourth-order valence-electron chi connectivity index (χ4n) is 6.49. The van der Waals surface area contributed by atoms with Crippen LogP contribution in [0.2, 0.25) is 0 Å². The molecule has 2 atom stereocenters. The molecule has 0 fully saturated rings. The van der Waals surface area contributed by atoms with E-state index >= 15 is 0 Å². The second-order valence-corrected chi connectivity index (χ2v) is 17.8. The molecule has 0 spiro atoms. The third-order valence-electron chi connectivity index (χ3n) is 8.94. The average Bonchev–Trinajstić information content (AvgIpc) is 3.70. The number of fused-ring (bicyclic) bond motifs is 6. The summed E-state index contributed by atoms with van der Waals surface area (Å²) < 4.78 is 0. The maximum atomic E-state index is 7.12. The molecule has 6 aromatic carbocycles. The van der Waals surface area contributed by atoms with E-state index in [2.05, 4.69) is 159 Å². The smallest absolute Gasteiger partial charge is 0.366 e. The molecule has 0 aliphatic heterocycles. The van der Waals surface area contributed by atoms with Gasteiger partial charge >= 0.3 is 44.8 Å². The van der Waals surface area contributed by atoms with Gasteiger partial charge < -0.3 is 12.8 Å². The minimum Gasteiger partial charge on any atom is -0.366 e. The summed E-state index contributed by atoms with van der Waals surface area (Å²) in [4.78, 5) is 0. The van der Waals surface area contributed by atoms with Gasteiger partial charge in [-0.1, -0.05) is 108 Å². The van der Waals surface area contributed by atoms with Crippen LogP contribution in [0.25, 0.3) is 22.3 Å². The van der Waals surface area contributed by atoms with Crippen LogP contribution in [-0.4, -0.2) is 19.2 Å². The molecule has 0 N–H and O–H groups in total. The Hall–Kier alpha value is -3.22. The van der Waals surface area contributed by atoms with Crippen molar-refractivity contribution in [3.63, 3.8) is 0 Å². The van der Waals surface area contributed by atoms with Gasteiger partial charge in [0.15, 0.2) is 5.90 Å². The van der Waals surface area contributed by atoms with Crippen LogP contribution in [0.4, 0.5) is 0 Å². The van der Waals surface area contributed by atoms with Gasteiger partial charge in [0.1, 0.15) is 0 Å². The van der Waals surface area contributed by atoms with Crippen molar-refractivity contribution >= 4 is 26.5 Å². The predicted molar refractivity (Wildman–Crippen MR) is 207 cm³/mol. The van der Waals surface area contributed by atoms with Crippen LogP contribution in [0.15, 0.2) is 146 Å². The first-order valence-corrected chi connectivity index (χ1v) is 20.5. The summed E-state index contributed by atoms with van der Waals surface area (Å²) in [6.45, 7) is 4.88. The van der Waals surface area contributed by atoms with Gasteiger partial charge in [0.25, 0.3) is 0 Å². The van der Waals surface area contributed by atoms with Crippen molar-refractivity contribution in [1.29, 1.82) is 0 Å². The summed E-state index contributed by atoms with van der Waals surface area (Å²) in [7, 11) is -0.736. The molecule has 2 aliphatic rings. The molecule has 0 aromatic heterocycles. The van der Waals surface area contributed by atoms with Crippen molar-refractivity contribution < 1.29 is 44.8 Å². The Kier molecular flexibility index (Phi) is 14.7. The minimum absolute atomic E-state index is 0. The van der Waals surface area contributed by atoms with Crippen molar-refractivity contribution in [2.45, 2.75) is 12.8 Å². The molecule has 248 valence electrons. The Balaban J connectivity index is 0.000000162. The van der Waals surface area contributed by atoms with Gasteiger partial charge in [0.05, 0.1) is 39.8 Å². The summed E-state index contributed by atoms with van der Waals surface area (Å²) in [5, 5.41) is 3.13. The standard InChI is InChI=1S/C15H18P2.2C15H9.2Au/c1-16(14-9-5-3-6-10-14)13-17(2)15-11-7-4-8-12-15;2*1-2-11-7-8-15-13(9-11)10-12-5-3-4-6-14(12)15;;/h3-12H,13H2,1-2H3;2*3-9H,10H2;;/q;2*-1;2*+1/p+2. The monoisotopic (exact) mass is 1030 g/mol. The number of benzene rings is 6. The zero-order valence-electron chi connectivity index (χ0n) is 27.6. The molecule has 8 rings (SSSR count). The molecule has 0 saturated carbocycles. The van der Waals surface area contributed by atoms with Gasteiger partial charge in [0.2, 0.25) is 0 Å². The molecular formula is C45H38Au2P2+2. The van der Waals surface area contributed by atoms with Crippen LogP contribution < -0.4 is 10.6 Å². The van der Waals surface area contributed by atoms with E-state index in [4.69, 9.17) is 12.8 Å². The molecule has 0 amide bonds. The first kappa shape index (κ1) is 38.6. The maximum absolute atomic E-state index is 7.12. The molecule has 0 saturated heterocycles. The van der Waals surface area contributed by atoms with Crippen molar-refractivity contribution in [2.75, 3.05) is 19.2 Å². The molecule has 2 aliphatic carbocycles. The first-order valence-electron chi connectivity index (χ1n) is 16.1. The number of hydrogen-bond acceptors (Lipinski definition) is 0.